The Labute approximate surface area is 246 Å². The first kappa shape index (κ1) is 28.9. The number of pyridine rings is 1. The molecule has 0 unspecified atom stereocenters. The molecule has 6 rings (SSSR count). The Morgan fingerprint density at radius 1 is 1.09 bits per heavy atom. The van der Waals surface area contributed by atoms with E-state index in [0.717, 1.165) is 62.4 Å². The second-order valence-electron chi connectivity index (χ2n) is 11.7. The number of piperazine rings is 1. The Morgan fingerprint density at radius 3 is 2.49 bits per heavy atom. The second kappa shape index (κ2) is 10.8. The highest BCUT2D eigenvalue weighted by atomic mass is 19.4. The van der Waals surface area contributed by atoms with Gasteiger partial charge in [0, 0.05) is 75.7 Å². The standard InChI is InChI=1S/C29H34F3N7O4/c1-35-8-10-37(11-9-35)19-6-7-39-24(12-19)22(16-33-39)26(40)38-17-28(18-38)14-20(15-28)36(2)27(41)34-23-13-21(43-29(30,31)32)4-5-25(23)42-3/h4-7,12-13,16,20H,8-11,14-15,17-18H2,1-3H3,(H,34,41). The van der Waals surface area contributed by atoms with Gasteiger partial charge in [-0.15, -0.1) is 13.2 Å². The minimum Gasteiger partial charge on any atom is -0.495 e. The number of rotatable bonds is 6. The van der Waals surface area contributed by atoms with Gasteiger partial charge in [-0.25, -0.2) is 9.31 Å². The van der Waals surface area contributed by atoms with Crippen molar-refractivity contribution in [2.75, 3.05) is 70.7 Å². The average Bonchev–Trinajstić information content (AvgIpc) is 3.34. The van der Waals surface area contributed by atoms with Crippen LogP contribution in [0.5, 0.6) is 11.5 Å². The van der Waals surface area contributed by atoms with Crippen LogP contribution in [0.4, 0.5) is 29.3 Å². The van der Waals surface area contributed by atoms with Crippen molar-refractivity contribution in [1.29, 1.82) is 0 Å². The molecule has 1 aliphatic carbocycles. The molecule has 1 aromatic carbocycles. The zero-order chi connectivity index (χ0) is 30.5. The van der Waals surface area contributed by atoms with Crippen molar-refractivity contribution in [3.8, 4) is 11.5 Å². The summed E-state index contributed by atoms with van der Waals surface area (Å²) in [5.74, 6) is -0.313. The molecule has 3 aliphatic rings. The number of methoxy groups -OCH3 is 1. The number of fused-ring (bicyclic) bond motifs is 1. The summed E-state index contributed by atoms with van der Waals surface area (Å²) in [7, 11) is 5.12. The van der Waals surface area contributed by atoms with Crippen LogP contribution in [0.25, 0.3) is 5.52 Å². The van der Waals surface area contributed by atoms with Gasteiger partial charge in [0.05, 0.1) is 30.1 Å². The van der Waals surface area contributed by atoms with Crippen LogP contribution in [0.15, 0.2) is 42.7 Å². The Hall–Kier alpha value is -4.20. The SMILES string of the molecule is COc1ccc(OC(F)(F)F)cc1NC(=O)N(C)C1CC2(C1)CN(C(=O)c1cnn3ccc(N4CCN(C)CC4)cc13)C2. The van der Waals surface area contributed by atoms with E-state index < -0.39 is 18.1 Å². The number of hydrogen-bond acceptors (Lipinski definition) is 7. The summed E-state index contributed by atoms with van der Waals surface area (Å²) in [5.41, 5.74) is 2.45. The first-order chi connectivity index (χ1) is 20.4. The lowest BCUT2D eigenvalue weighted by atomic mass is 9.60. The fourth-order valence-corrected chi connectivity index (χ4v) is 6.30. The van der Waals surface area contributed by atoms with Gasteiger partial charge in [-0.05, 0) is 44.2 Å². The summed E-state index contributed by atoms with van der Waals surface area (Å²) in [4.78, 5) is 34.4. The van der Waals surface area contributed by atoms with E-state index in [4.69, 9.17) is 4.74 Å². The van der Waals surface area contributed by atoms with E-state index in [1.54, 1.807) is 17.8 Å². The lowest BCUT2D eigenvalue weighted by Gasteiger charge is -2.60. The van der Waals surface area contributed by atoms with Crippen LogP contribution in [-0.4, -0.2) is 109 Å². The maximum Gasteiger partial charge on any atom is 0.573 e. The van der Waals surface area contributed by atoms with Crippen LogP contribution in [0.1, 0.15) is 23.2 Å². The van der Waals surface area contributed by atoms with E-state index in [-0.39, 0.29) is 28.8 Å². The number of halogens is 3. The van der Waals surface area contributed by atoms with Crippen molar-refractivity contribution in [2.24, 2.45) is 5.41 Å². The van der Waals surface area contributed by atoms with E-state index in [1.807, 2.05) is 23.2 Å². The molecule has 3 fully saturated rings. The highest BCUT2D eigenvalue weighted by Gasteiger charge is 2.55. The molecule has 14 heteroatoms. The minimum atomic E-state index is -4.86. The Kier molecular flexibility index (Phi) is 7.27. The molecule has 2 aliphatic heterocycles. The van der Waals surface area contributed by atoms with E-state index in [0.29, 0.717) is 18.7 Å². The van der Waals surface area contributed by atoms with Crippen LogP contribution in [0, 0.1) is 5.41 Å². The molecule has 3 amide bonds. The largest absolute Gasteiger partial charge is 0.573 e. The number of carbonyl (C=O) groups excluding carboxylic acids is 2. The molecule has 0 bridgehead atoms. The Morgan fingerprint density at radius 2 is 1.81 bits per heavy atom. The van der Waals surface area contributed by atoms with Gasteiger partial charge in [0.15, 0.2) is 0 Å². The van der Waals surface area contributed by atoms with Gasteiger partial charge in [-0.1, -0.05) is 0 Å². The van der Waals surface area contributed by atoms with Gasteiger partial charge in [-0.2, -0.15) is 5.10 Å². The highest BCUT2D eigenvalue weighted by Crippen LogP contribution is 2.50. The molecule has 2 saturated heterocycles. The fraction of sp³-hybridized carbons (Fsp3) is 0.483. The Balaban J connectivity index is 1.05. The first-order valence-electron chi connectivity index (χ1n) is 14.1. The van der Waals surface area contributed by atoms with Gasteiger partial charge in [0.25, 0.3) is 5.91 Å². The van der Waals surface area contributed by atoms with Gasteiger partial charge < -0.3 is 34.4 Å². The summed E-state index contributed by atoms with van der Waals surface area (Å²) in [5, 5.41) is 7.02. The number of likely N-dealkylation sites (tertiary alicyclic amines) is 1. The molecule has 0 atom stereocenters. The summed E-state index contributed by atoms with van der Waals surface area (Å²) < 4.78 is 48.9. The molecule has 4 heterocycles. The number of ether oxygens (including phenoxy) is 2. The van der Waals surface area contributed by atoms with Crippen molar-refractivity contribution in [3.63, 3.8) is 0 Å². The number of nitrogens with zero attached hydrogens (tertiary/aromatic N) is 6. The van der Waals surface area contributed by atoms with Crippen LogP contribution < -0.4 is 19.7 Å². The first-order valence-corrected chi connectivity index (χ1v) is 14.1. The molecule has 3 aromatic rings. The smallest absolute Gasteiger partial charge is 0.495 e. The van der Waals surface area contributed by atoms with E-state index in [1.165, 1.54) is 18.1 Å². The third kappa shape index (κ3) is 5.75. The number of urea groups is 1. The molecular weight excluding hydrogens is 567 g/mol. The fourth-order valence-electron chi connectivity index (χ4n) is 6.30. The van der Waals surface area contributed by atoms with Crippen LogP contribution in [0.2, 0.25) is 0 Å². The van der Waals surface area contributed by atoms with E-state index in [9.17, 15) is 22.8 Å². The number of anilines is 2. The molecule has 2 aromatic heterocycles. The number of alkyl halides is 3. The summed E-state index contributed by atoms with van der Waals surface area (Å²) in [6, 6.07) is 7.01. The van der Waals surface area contributed by atoms with Gasteiger partial charge in [-0.3, -0.25) is 4.79 Å². The van der Waals surface area contributed by atoms with Crippen molar-refractivity contribution >= 4 is 28.8 Å². The number of aromatic nitrogens is 2. The highest BCUT2D eigenvalue weighted by molar-refractivity contribution is 6.01. The van der Waals surface area contributed by atoms with Crippen molar-refractivity contribution in [3.05, 3.63) is 48.3 Å². The molecule has 0 radical (unpaired) electrons. The number of benzene rings is 1. The van der Waals surface area contributed by atoms with E-state index in [2.05, 4.69) is 32.0 Å². The topological polar surface area (TPSA) is 94.9 Å². The third-order valence-electron chi connectivity index (χ3n) is 8.80. The van der Waals surface area contributed by atoms with Crippen molar-refractivity contribution < 1.29 is 32.2 Å². The monoisotopic (exact) mass is 601 g/mol. The number of carbonyl (C=O) groups is 2. The maximum absolute atomic E-state index is 13.4. The summed E-state index contributed by atoms with van der Waals surface area (Å²) >= 11 is 0. The molecule has 1 N–H and O–H groups in total. The second-order valence-corrected chi connectivity index (χ2v) is 11.7. The number of nitrogens with one attached hydrogen (secondary N) is 1. The van der Waals surface area contributed by atoms with Gasteiger partial charge in [0.2, 0.25) is 0 Å². The summed E-state index contributed by atoms with van der Waals surface area (Å²) in [6.45, 7) is 5.03. The number of likely N-dealkylation sites (N-methyl/N-ethyl adjacent to an activating group) is 1. The van der Waals surface area contributed by atoms with Gasteiger partial charge >= 0.3 is 12.4 Å². The molecule has 1 saturated carbocycles. The normalized spacial score (nSPS) is 18.7. The number of hydrogen-bond donors (Lipinski definition) is 1. The predicted octanol–water partition coefficient (Wildman–Crippen LogP) is 3.76. The summed E-state index contributed by atoms with van der Waals surface area (Å²) in [6.07, 6.45) is 0.101. The molecular formula is C29H34F3N7O4. The van der Waals surface area contributed by atoms with E-state index >= 15 is 0 Å². The molecule has 11 nitrogen and oxygen atoms in total. The van der Waals surface area contributed by atoms with Crippen molar-refractivity contribution in [1.82, 2.24) is 24.3 Å². The van der Waals surface area contributed by atoms with Crippen molar-refractivity contribution in [2.45, 2.75) is 25.2 Å². The van der Waals surface area contributed by atoms with Crippen LogP contribution in [-0.2, 0) is 0 Å². The quantitative estimate of drug-likeness (QED) is 0.460. The lowest BCUT2D eigenvalue weighted by molar-refractivity contribution is -0.274. The Bertz CT molecular complexity index is 1520. The zero-order valence-electron chi connectivity index (χ0n) is 24.2. The molecule has 1 spiro atoms. The van der Waals surface area contributed by atoms with Crippen LogP contribution >= 0.6 is 0 Å². The average molecular weight is 602 g/mol. The number of amides is 3. The molecule has 230 valence electrons. The zero-order valence-corrected chi connectivity index (χ0v) is 24.2. The van der Waals surface area contributed by atoms with Crippen LogP contribution in [0.3, 0.4) is 0 Å². The lowest BCUT2D eigenvalue weighted by Crippen LogP contribution is -2.67. The third-order valence-corrected chi connectivity index (χ3v) is 8.80. The minimum absolute atomic E-state index is 0.0546. The molecule has 43 heavy (non-hydrogen) atoms. The van der Waals surface area contributed by atoms with Gasteiger partial charge in [0.1, 0.15) is 11.5 Å². The maximum atomic E-state index is 13.4. The predicted molar refractivity (Wildman–Crippen MR) is 153 cm³/mol.